The predicted molar refractivity (Wildman–Crippen MR) is 99.9 cm³/mol. The lowest BCUT2D eigenvalue weighted by molar-refractivity contribution is 0.0318. The molecule has 144 valence electrons. The van der Waals surface area contributed by atoms with Gasteiger partial charge in [-0.05, 0) is 56.4 Å². The quantitative estimate of drug-likeness (QED) is 0.555. The van der Waals surface area contributed by atoms with E-state index in [0.717, 1.165) is 6.07 Å². The number of rotatable bonds is 7. The Kier molecular flexibility index (Phi) is 6.59. The van der Waals surface area contributed by atoms with Gasteiger partial charge in [-0.25, -0.2) is 17.9 Å². The van der Waals surface area contributed by atoms with Gasteiger partial charge in [-0.1, -0.05) is 11.6 Å². The molecule has 0 aliphatic rings. The van der Waals surface area contributed by atoms with Crippen molar-refractivity contribution in [1.82, 2.24) is 4.72 Å². The van der Waals surface area contributed by atoms with Gasteiger partial charge >= 0.3 is 5.97 Å². The second-order valence-electron chi connectivity index (χ2n) is 5.49. The molecule has 0 aliphatic carbocycles. The van der Waals surface area contributed by atoms with Crippen molar-refractivity contribution >= 4 is 33.4 Å². The number of benzene rings is 2. The fourth-order valence-electron chi connectivity index (χ4n) is 2.22. The molecule has 0 bridgehead atoms. The molecule has 0 unspecified atom stereocenters. The molecule has 0 saturated heterocycles. The molecule has 7 nitrogen and oxygen atoms in total. The summed E-state index contributed by atoms with van der Waals surface area (Å²) in [6.07, 6.45) is -1.06. The monoisotopic (exact) mass is 411 g/mol. The smallest absolute Gasteiger partial charge is 0.338 e. The molecular weight excluding hydrogens is 394 g/mol. The van der Waals surface area contributed by atoms with Crippen LogP contribution in [0.15, 0.2) is 47.4 Å². The van der Waals surface area contributed by atoms with Crippen LogP contribution in [0.1, 0.15) is 27.6 Å². The van der Waals surface area contributed by atoms with Crippen LogP contribution >= 0.6 is 11.6 Å². The molecule has 0 saturated carbocycles. The Labute approximate surface area is 162 Å². The van der Waals surface area contributed by atoms with Gasteiger partial charge in [0.25, 0.3) is 0 Å². The van der Waals surface area contributed by atoms with Gasteiger partial charge < -0.3 is 9.47 Å². The first-order chi connectivity index (χ1) is 12.7. The molecule has 0 spiro atoms. The minimum atomic E-state index is -3.85. The summed E-state index contributed by atoms with van der Waals surface area (Å²) >= 11 is 5.89. The number of halogens is 1. The number of ketones is 1. The van der Waals surface area contributed by atoms with Crippen molar-refractivity contribution in [1.29, 1.82) is 0 Å². The highest BCUT2D eigenvalue weighted by Gasteiger charge is 2.23. The Bertz CT molecular complexity index is 956. The molecule has 0 heterocycles. The van der Waals surface area contributed by atoms with E-state index < -0.39 is 27.9 Å². The van der Waals surface area contributed by atoms with Crippen LogP contribution in [-0.2, 0) is 14.8 Å². The van der Waals surface area contributed by atoms with Gasteiger partial charge in [0.05, 0.1) is 17.7 Å². The van der Waals surface area contributed by atoms with E-state index in [2.05, 4.69) is 4.72 Å². The first-order valence-electron chi connectivity index (χ1n) is 7.82. The zero-order valence-corrected chi connectivity index (χ0v) is 16.4. The van der Waals surface area contributed by atoms with Crippen molar-refractivity contribution in [2.24, 2.45) is 0 Å². The number of ether oxygens (including phenoxy) is 2. The van der Waals surface area contributed by atoms with E-state index in [4.69, 9.17) is 21.1 Å². The van der Waals surface area contributed by atoms with Crippen LogP contribution in [0.3, 0.4) is 0 Å². The molecule has 0 amide bonds. The van der Waals surface area contributed by atoms with Crippen LogP contribution in [0.5, 0.6) is 5.75 Å². The topological polar surface area (TPSA) is 98.8 Å². The molecule has 0 aromatic heterocycles. The fraction of sp³-hybridized carbons (Fsp3) is 0.222. The van der Waals surface area contributed by atoms with E-state index >= 15 is 0 Å². The summed E-state index contributed by atoms with van der Waals surface area (Å²) in [5.41, 5.74) is 0.313. The van der Waals surface area contributed by atoms with Crippen molar-refractivity contribution < 1.29 is 27.5 Å². The lowest BCUT2D eigenvalue weighted by Crippen LogP contribution is -2.25. The predicted octanol–water partition coefficient (Wildman–Crippen LogP) is 2.68. The molecule has 27 heavy (non-hydrogen) atoms. The van der Waals surface area contributed by atoms with Crippen LogP contribution in [0.2, 0.25) is 5.02 Å². The Morgan fingerprint density at radius 3 is 2.22 bits per heavy atom. The number of hydrogen-bond donors (Lipinski definition) is 1. The fourth-order valence-corrected chi connectivity index (χ4v) is 3.47. The molecule has 0 fully saturated rings. The number of Topliss-reactive ketones (excluding diaryl/α,β-unsaturated/α-hetero) is 1. The minimum Gasteiger partial charge on any atom is -0.497 e. The average molecular weight is 412 g/mol. The Morgan fingerprint density at radius 2 is 1.67 bits per heavy atom. The summed E-state index contributed by atoms with van der Waals surface area (Å²) in [4.78, 5) is 24.5. The third-order valence-electron chi connectivity index (χ3n) is 3.75. The third-order valence-corrected chi connectivity index (χ3v) is 5.65. The van der Waals surface area contributed by atoms with E-state index in [1.165, 1.54) is 33.2 Å². The summed E-state index contributed by atoms with van der Waals surface area (Å²) < 4.78 is 36.2. The Hall–Kier alpha value is -2.42. The average Bonchev–Trinajstić information content (AvgIpc) is 2.67. The number of carbonyl (C=O) groups excluding carboxylic acids is 2. The summed E-state index contributed by atoms with van der Waals surface area (Å²) in [5.74, 6) is -0.646. The minimum absolute atomic E-state index is 0.0387. The van der Waals surface area contributed by atoms with Gasteiger partial charge in [-0.2, -0.15) is 0 Å². The zero-order valence-electron chi connectivity index (χ0n) is 14.9. The van der Waals surface area contributed by atoms with Crippen molar-refractivity contribution in [2.75, 3.05) is 14.2 Å². The summed E-state index contributed by atoms with van der Waals surface area (Å²) in [5, 5.41) is -0.0387. The standard InChI is InChI=1S/C18H18ClNO6S/c1-11(17(21)12-4-7-14(25-3)8-5-12)26-18(22)13-6-9-15(19)16(10-13)27(23,24)20-2/h4-11,20H,1-3H3/t11-/m1/s1. The van der Waals surface area contributed by atoms with Crippen molar-refractivity contribution in [3.05, 3.63) is 58.6 Å². The van der Waals surface area contributed by atoms with Gasteiger partial charge in [0.1, 0.15) is 10.6 Å². The number of methoxy groups -OCH3 is 1. The maximum Gasteiger partial charge on any atom is 0.338 e. The van der Waals surface area contributed by atoms with Crippen LogP contribution in [-0.4, -0.2) is 40.4 Å². The summed E-state index contributed by atoms with van der Waals surface area (Å²) in [6.45, 7) is 1.44. The normalized spacial score (nSPS) is 12.3. The molecule has 9 heteroatoms. The van der Waals surface area contributed by atoms with Crippen LogP contribution in [0.4, 0.5) is 0 Å². The largest absolute Gasteiger partial charge is 0.497 e. The molecule has 2 aromatic carbocycles. The molecule has 2 aromatic rings. The molecule has 1 N–H and O–H groups in total. The highest BCUT2D eigenvalue weighted by atomic mass is 35.5. The summed E-state index contributed by atoms with van der Waals surface area (Å²) in [7, 11) is -1.11. The molecule has 2 rings (SSSR count). The molecular formula is C18H18ClNO6S. The number of nitrogens with one attached hydrogen (secondary N) is 1. The Balaban J connectivity index is 2.18. The SMILES string of the molecule is CNS(=O)(=O)c1cc(C(=O)O[C@H](C)C(=O)c2ccc(OC)cc2)ccc1Cl. The number of hydrogen-bond acceptors (Lipinski definition) is 6. The Morgan fingerprint density at radius 1 is 1.07 bits per heavy atom. The maximum absolute atomic E-state index is 12.4. The van der Waals surface area contributed by atoms with Crippen LogP contribution in [0.25, 0.3) is 0 Å². The van der Waals surface area contributed by atoms with Gasteiger partial charge in [-0.3, -0.25) is 4.79 Å². The van der Waals surface area contributed by atoms with Crippen molar-refractivity contribution in [3.63, 3.8) is 0 Å². The maximum atomic E-state index is 12.4. The highest BCUT2D eigenvalue weighted by Crippen LogP contribution is 2.23. The van der Waals surface area contributed by atoms with E-state index in [9.17, 15) is 18.0 Å². The summed E-state index contributed by atoms with van der Waals surface area (Å²) in [6, 6.07) is 10.1. The number of carbonyl (C=O) groups is 2. The molecule has 0 radical (unpaired) electrons. The second kappa shape index (κ2) is 8.51. The van der Waals surface area contributed by atoms with Crippen LogP contribution < -0.4 is 9.46 Å². The molecule has 0 aliphatic heterocycles. The first-order valence-corrected chi connectivity index (χ1v) is 9.68. The van der Waals surface area contributed by atoms with Gasteiger partial charge in [-0.15, -0.1) is 0 Å². The lowest BCUT2D eigenvalue weighted by Gasteiger charge is -2.13. The van der Waals surface area contributed by atoms with E-state index in [1.54, 1.807) is 24.3 Å². The highest BCUT2D eigenvalue weighted by molar-refractivity contribution is 7.89. The molecule has 1 atom stereocenters. The lowest BCUT2D eigenvalue weighted by atomic mass is 10.1. The van der Waals surface area contributed by atoms with Crippen LogP contribution in [0, 0.1) is 0 Å². The van der Waals surface area contributed by atoms with E-state index in [-0.39, 0.29) is 15.5 Å². The van der Waals surface area contributed by atoms with Crippen molar-refractivity contribution in [3.8, 4) is 5.75 Å². The number of sulfonamides is 1. The second-order valence-corrected chi connectivity index (χ2v) is 7.76. The third kappa shape index (κ3) is 4.85. The van der Waals surface area contributed by atoms with Gasteiger partial charge in [0.2, 0.25) is 15.8 Å². The zero-order chi connectivity index (χ0) is 20.2. The first kappa shape index (κ1) is 20.9. The van der Waals surface area contributed by atoms with E-state index in [1.807, 2.05) is 0 Å². The van der Waals surface area contributed by atoms with E-state index in [0.29, 0.717) is 11.3 Å². The van der Waals surface area contributed by atoms with Gasteiger partial charge in [0.15, 0.2) is 6.10 Å². The van der Waals surface area contributed by atoms with Gasteiger partial charge in [0, 0.05) is 5.56 Å². The number of esters is 1. The van der Waals surface area contributed by atoms with Crippen molar-refractivity contribution in [2.45, 2.75) is 17.9 Å².